The molecule has 0 spiro atoms. The molecule has 106 valence electrons. The van der Waals surface area contributed by atoms with Crippen molar-refractivity contribution in [2.45, 2.75) is 19.9 Å². The van der Waals surface area contributed by atoms with Crippen LogP contribution in [0.3, 0.4) is 0 Å². The van der Waals surface area contributed by atoms with Crippen LogP contribution in [0.4, 0.5) is 4.39 Å². The number of methoxy groups -OCH3 is 1. The molecular weight excluding hydrogens is 253 g/mol. The van der Waals surface area contributed by atoms with Crippen molar-refractivity contribution in [2.75, 3.05) is 13.7 Å². The molecule has 0 aliphatic rings. The largest absolute Gasteiger partial charge is 0.496 e. The molecule has 2 aromatic rings. The second-order valence-corrected chi connectivity index (χ2v) is 4.74. The first-order valence-electron chi connectivity index (χ1n) is 6.79. The zero-order valence-electron chi connectivity index (χ0n) is 12.1. The van der Waals surface area contributed by atoms with Gasteiger partial charge in [-0.2, -0.15) is 0 Å². The summed E-state index contributed by atoms with van der Waals surface area (Å²) in [5.41, 5.74) is 2.57. The quantitative estimate of drug-likeness (QED) is 0.893. The van der Waals surface area contributed by atoms with Gasteiger partial charge in [0.15, 0.2) is 0 Å². The van der Waals surface area contributed by atoms with Crippen LogP contribution in [0.1, 0.15) is 29.7 Å². The first kappa shape index (κ1) is 14.5. The summed E-state index contributed by atoms with van der Waals surface area (Å²) in [5.74, 6) is 0.625. The minimum Gasteiger partial charge on any atom is -0.496 e. The van der Waals surface area contributed by atoms with E-state index in [1.165, 1.54) is 0 Å². The second-order valence-electron chi connectivity index (χ2n) is 4.74. The van der Waals surface area contributed by atoms with Gasteiger partial charge in [0.25, 0.3) is 0 Å². The van der Waals surface area contributed by atoms with Gasteiger partial charge in [-0.1, -0.05) is 37.3 Å². The Morgan fingerprint density at radius 3 is 2.60 bits per heavy atom. The third-order valence-corrected chi connectivity index (χ3v) is 3.39. The van der Waals surface area contributed by atoms with Crippen molar-refractivity contribution in [3.8, 4) is 5.75 Å². The molecule has 0 saturated carbocycles. The van der Waals surface area contributed by atoms with E-state index in [-0.39, 0.29) is 11.9 Å². The highest BCUT2D eigenvalue weighted by atomic mass is 19.1. The van der Waals surface area contributed by atoms with Crippen LogP contribution in [0.15, 0.2) is 42.5 Å². The molecule has 0 aromatic heterocycles. The molecule has 3 heteroatoms. The Bertz CT molecular complexity index is 583. The lowest BCUT2D eigenvalue weighted by molar-refractivity contribution is 0.404. The van der Waals surface area contributed by atoms with E-state index in [4.69, 9.17) is 4.74 Å². The van der Waals surface area contributed by atoms with Crippen molar-refractivity contribution in [3.63, 3.8) is 0 Å². The summed E-state index contributed by atoms with van der Waals surface area (Å²) in [7, 11) is 1.65. The lowest BCUT2D eigenvalue weighted by Gasteiger charge is -2.21. The van der Waals surface area contributed by atoms with Crippen molar-refractivity contribution in [1.29, 1.82) is 0 Å². The number of halogens is 1. The fourth-order valence-corrected chi connectivity index (χ4v) is 2.31. The Labute approximate surface area is 119 Å². The minimum absolute atomic E-state index is 0.0775. The third-order valence-electron chi connectivity index (χ3n) is 3.39. The molecule has 0 heterocycles. The van der Waals surface area contributed by atoms with Gasteiger partial charge >= 0.3 is 0 Å². The van der Waals surface area contributed by atoms with Crippen LogP contribution in [0.5, 0.6) is 5.75 Å². The summed E-state index contributed by atoms with van der Waals surface area (Å²) < 4.78 is 19.2. The highest BCUT2D eigenvalue weighted by molar-refractivity contribution is 5.42. The third kappa shape index (κ3) is 2.99. The molecule has 0 saturated heterocycles. The maximum absolute atomic E-state index is 13.8. The van der Waals surface area contributed by atoms with Gasteiger partial charge in [-0.05, 0) is 36.7 Å². The lowest BCUT2D eigenvalue weighted by atomic mass is 9.96. The Hall–Kier alpha value is -1.87. The Morgan fingerprint density at radius 2 is 1.95 bits per heavy atom. The molecule has 20 heavy (non-hydrogen) atoms. The second kappa shape index (κ2) is 6.53. The number of hydrogen-bond acceptors (Lipinski definition) is 2. The molecule has 2 nitrogen and oxygen atoms in total. The van der Waals surface area contributed by atoms with Crippen LogP contribution in [0, 0.1) is 12.7 Å². The van der Waals surface area contributed by atoms with Crippen LogP contribution in [-0.2, 0) is 0 Å². The lowest BCUT2D eigenvalue weighted by Crippen LogP contribution is -2.22. The van der Waals surface area contributed by atoms with E-state index < -0.39 is 0 Å². The van der Waals surface area contributed by atoms with Gasteiger partial charge in [-0.3, -0.25) is 0 Å². The van der Waals surface area contributed by atoms with E-state index in [2.05, 4.69) is 5.32 Å². The van der Waals surface area contributed by atoms with Crippen LogP contribution in [-0.4, -0.2) is 13.7 Å². The molecule has 0 radical (unpaired) electrons. The normalized spacial score (nSPS) is 12.2. The number of aryl methyl sites for hydroxylation is 1. The van der Waals surface area contributed by atoms with E-state index in [0.717, 1.165) is 23.4 Å². The molecule has 0 amide bonds. The topological polar surface area (TPSA) is 21.3 Å². The maximum Gasteiger partial charge on any atom is 0.126 e. The average molecular weight is 273 g/mol. The number of ether oxygens (including phenoxy) is 1. The summed E-state index contributed by atoms with van der Waals surface area (Å²) in [6.07, 6.45) is 0. The molecular formula is C17H20FNO. The molecule has 1 atom stereocenters. The predicted molar refractivity (Wildman–Crippen MR) is 79.7 cm³/mol. The molecule has 1 unspecified atom stereocenters. The molecule has 1 N–H and O–H groups in total. The van der Waals surface area contributed by atoms with Gasteiger partial charge in [-0.25, -0.2) is 4.39 Å². The van der Waals surface area contributed by atoms with Crippen molar-refractivity contribution in [2.24, 2.45) is 0 Å². The van der Waals surface area contributed by atoms with E-state index in [1.54, 1.807) is 20.1 Å². The highest BCUT2D eigenvalue weighted by Crippen LogP contribution is 2.30. The smallest absolute Gasteiger partial charge is 0.126 e. The van der Waals surface area contributed by atoms with Crippen molar-refractivity contribution < 1.29 is 9.13 Å². The summed E-state index contributed by atoms with van der Waals surface area (Å²) >= 11 is 0. The van der Waals surface area contributed by atoms with Gasteiger partial charge in [-0.15, -0.1) is 0 Å². The fraction of sp³-hybridized carbons (Fsp3) is 0.294. The monoisotopic (exact) mass is 273 g/mol. The molecule has 2 aromatic carbocycles. The number of para-hydroxylation sites is 1. The van der Waals surface area contributed by atoms with Crippen molar-refractivity contribution >= 4 is 0 Å². The molecule has 2 rings (SSSR count). The summed E-state index contributed by atoms with van der Waals surface area (Å²) in [6.45, 7) is 4.59. The van der Waals surface area contributed by atoms with Crippen LogP contribution in [0.25, 0.3) is 0 Å². The van der Waals surface area contributed by atoms with Crippen LogP contribution < -0.4 is 10.1 Å². The average Bonchev–Trinajstić information content (AvgIpc) is 2.48. The Balaban J connectivity index is 2.47. The van der Waals surface area contributed by atoms with Gasteiger partial charge < -0.3 is 10.1 Å². The zero-order valence-corrected chi connectivity index (χ0v) is 12.1. The minimum atomic E-state index is -0.180. The van der Waals surface area contributed by atoms with Crippen LogP contribution in [0.2, 0.25) is 0 Å². The van der Waals surface area contributed by atoms with Gasteiger partial charge in [0.2, 0.25) is 0 Å². The zero-order chi connectivity index (χ0) is 14.5. The molecule has 0 fully saturated rings. The van der Waals surface area contributed by atoms with Crippen LogP contribution >= 0.6 is 0 Å². The number of rotatable bonds is 5. The predicted octanol–water partition coefficient (Wildman–Crippen LogP) is 3.84. The maximum atomic E-state index is 13.8. The van der Waals surface area contributed by atoms with E-state index in [9.17, 15) is 4.39 Å². The van der Waals surface area contributed by atoms with E-state index in [0.29, 0.717) is 5.56 Å². The number of nitrogens with one attached hydrogen (secondary N) is 1. The number of hydrogen-bond donors (Lipinski definition) is 1. The standard InChI is InChI=1S/C17H20FNO/c1-4-19-17(13-10-9-12(2)15(18)11-13)14-7-5-6-8-16(14)20-3/h5-11,17,19H,4H2,1-3H3. The Kier molecular flexibility index (Phi) is 4.74. The summed E-state index contributed by atoms with van der Waals surface area (Å²) in [5, 5.41) is 3.39. The van der Waals surface area contributed by atoms with Gasteiger partial charge in [0, 0.05) is 5.56 Å². The summed E-state index contributed by atoms with van der Waals surface area (Å²) in [4.78, 5) is 0. The molecule has 0 aliphatic carbocycles. The number of benzene rings is 2. The van der Waals surface area contributed by atoms with E-state index >= 15 is 0 Å². The first-order chi connectivity index (χ1) is 9.67. The van der Waals surface area contributed by atoms with Crippen molar-refractivity contribution in [3.05, 3.63) is 65.0 Å². The van der Waals surface area contributed by atoms with E-state index in [1.807, 2.05) is 43.3 Å². The fourth-order valence-electron chi connectivity index (χ4n) is 2.31. The van der Waals surface area contributed by atoms with Crippen molar-refractivity contribution in [1.82, 2.24) is 5.32 Å². The van der Waals surface area contributed by atoms with Gasteiger partial charge in [0.05, 0.1) is 13.2 Å². The summed E-state index contributed by atoms with van der Waals surface area (Å²) in [6, 6.07) is 13.1. The Morgan fingerprint density at radius 1 is 1.20 bits per heavy atom. The molecule has 0 bridgehead atoms. The SMILES string of the molecule is CCNC(c1ccc(C)c(F)c1)c1ccccc1OC. The highest BCUT2D eigenvalue weighted by Gasteiger charge is 2.17. The van der Waals surface area contributed by atoms with Gasteiger partial charge in [0.1, 0.15) is 11.6 Å². The molecule has 0 aliphatic heterocycles. The first-order valence-corrected chi connectivity index (χ1v) is 6.79.